The van der Waals surface area contributed by atoms with Crippen LogP contribution in [0.2, 0.25) is 0 Å². The highest BCUT2D eigenvalue weighted by atomic mass is 16.5. The molecule has 2 unspecified atom stereocenters. The van der Waals surface area contributed by atoms with Gasteiger partial charge in [-0.2, -0.15) is 0 Å². The minimum absolute atomic E-state index is 0.00675. The fraction of sp³-hybridized carbons (Fsp3) is 0.938. The van der Waals surface area contributed by atoms with E-state index in [-0.39, 0.29) is 12.0 Å². The third-order valence-corrected chi connectivity index (χ3v) is 4.70. The molecular weight excluding hydrogens is 266 g/mol. The van der Waals surface area contributed by atoms with Crippen LogP contribution in [0.25, 0.3) is 0 Å². The number of likely N-dealkylation sites (N-methyl/N-ethyl adjacent to an activating group) is 2. The van der Waals surface area contributed by atoms with Gasteiger partial charge in [0.15, 0.2) is 0 Å². The van der Waals surface area contributed by atoms with E-state index in [1.807, 2.05) is 0 Å². The Bertz CT molecular complexity index is 329. The van der Waals surface area contributed by atoms with E-state index >= 15 is 0 Å². The molecule has 2 rings (SSSR count). The van der Waals surface area contributed by atoms with Crippen molar-refractivity contribution in [3.63, 3.8) is 0 Å². The lowest BCUT2D eigenvalue weighted by molar-refractivity contribution is -0.138. The highest BCUT2D eigenvalue weighted by Crippen LogP contribution is 2.26. The molecule has 122 valence electrons. The van der Waals surface area contributed by atoms with E-state index in [1.54, 1.807) is 0 Å². The van der Waals surface area contributed by atoms with Gasteiger partial charge in [0.2, 0.25) is 5.91 Å². The van der Waals surface area contributed by atoms with Gasteiger partial charge in [-0.3, -0.25) is 4.79 Å². The fourth-order valence-corrected chi connectivity index (χ4v) is 3.47. The zero-order chi connectivity index (χ0) is 15.2. The second-order valence-corrected chi connectivity index (χ2v) is 6.58. The van der Waals surface area contributed by atoms with Crippen LogP contribution in [0.3, 0.4) is 0 Å². The van der Waals surface area contributed by atoms with Gasteiger partial charge in [0.25, 0.3) is 0 Å². The zero-order valence-corrected chi connectivity index (χ0v) is 13.8. The van der Waals surface area contributed by atoms with Crippen molar-refractivity contribution in [1.82, 2.24) is 15.1 Å². The van der Waals surface area contributed by atoms with Crippen LogP contribution in [-0.2, 0) is 9.53 Å². The largest absolute Gasteiger partial charge is 0.379 e. The van der Waals surface area contributed by atoms with E-state index < -0.39 is 0 Å². The maximum Gasteiger partial charge on any atom is 0.229 e. The molecule has 0 radical (unpaired) electrons. The molecule has 0 spiro atoms. The van der Waals surface area contributed by atoms with Crippen LogP contribution in [-0.4, -0.2) is 74.7 Å². The second-order valence-electron chi connectivity index (χ2n) is 6.58. The molecule has 5 heteroatoms. The molecule has 1 aliphatic carbocycles. The van der Waals surface area contributed by atoms with Crippen molar-refractivity contribution in [3.8, 4) is 0 Å². The number of ether oxygens (including phenoxy) is 1. The number of hydrogen-bond donors (Lipinski definition) is 1. The Morgan fingerprint density at radius 2 is 1.90 bits per heavy atom. The number of rotatable bonds is 7. The third-order valence-electron chi connectivity index (χ3n) is 4.70. The smallest absolute Gasteiger partial charge is 0.229 e. The van der Waals surface area contributed by atoms with E-state index in [2.05, 4.69) is 36.1 Å². The van der Waals surface area contributed by atoms with Crippen molar-refractivity contribution in [2.24, 2.45) is 5.92 Å². The van der Waals surface area contributed by atoms with Crippen molar-refractivity contribution < 1.29 is 9.53 Å². The molecule has 0 aromatic carbocycles. The molecule has 21 heavy (non-hydrogen) atoms. The van der Waals surface area contributed by atoms with Crippen LogP contribution in [0.4, 0.5) is 0 Å². The van der Waals surface area contributed by atoms with E-state index in [0.29, 0.717) is 25.2 Å². The van der Waals surface area contributed by atoms with Gasteiger partial charge in [-0.05, 0) is 33.5 Å². The molecular formula is C16H31N3O2. The topological polar surface area (TPSA) is 44.8 Å². The summed E-state index contributed by atoms with van der Waals surface area (Å²) in [5.41, 5.74) is 0. The first-order chi connectivity index (χ1) is 10.1. The van der Waals surface area contributed by atoms with Crippen LogP contribution < -0.4 is 5.32 Å². The van der Waals surface area contributed by atoms with Gasteiger partial charge in [-0.1, -0.05) is 19.8 Å². The molecule has 0 bridgehead atoms. The van der Waals surface area contributed by atoms with Crippen LogP contribution in [0.1, 0.15) is 32.6 Å². The van der Waals surface area contributed by atoms with Crippen molar-refractivity contribution in [2.45, 2.75) is 44.7 Å². The van der Waals surface area contributed by atoms with Crippen LogP contribution in [0, 0.1) is 5.92 Å². The Morgan fingerprint density at radius 1 is 1.19 bits per heavy atom. The van der Waals surface area contributed by atoms with Crippen molar-refractivity contribution in [1.29, 1.82) is 0 Å². The van der Waals surface area contributed by atoms with Gasteiger partial charge in [0.1, 0.15) is 0 Å². The quantitative estimate of drug-likeness (QED) is 0.760. The minimum Gasteiger partial charge on any atom is -0.379 e. The molecule has 2 atom stereocenters. The van der Waals surface area contributed by atoms with Gasteiger partial charge in [-0.15, -0.1) is 0 Å². The zero-order valence-electron chi connectivity index (χ0n) is 13.8. The number of hydrogen-bond acceptors (Lipinski definition) is 4. The summed E-state index contributed by atoms with van der Waals surface area (Å²) in [6.45, 7) is 5.98. The summed E-state index contributed by atoms with van der Waals surface area (Å²) in [7, 11) is 4.13. The Hall–Kier alpha value is -0.650. The van der Waals surface area contributed by atoms with Crippen LogP contribution in [0.15, 0.2) is 0 Å². The van der Waals surface area contributed by atoms with Crippen molar-refractivity contribution in [2.75, 3.05) is 46.9 Å². The van der Waals surface area contributed by atoms with Gasteiger partial charge in [0, 0.05) is 25.2 Å². The van der Waals surface area contributed by atoms with Crippen LogP contribution >= 0.6 is 0 Å². The highest BCUT2D eigenvalue weighted by molar-refractivity contribution is 5.80. The number of carbonyl (C=O) groups is 1. The summed E-state index contributed by atoms with van der Waals surface area (Å²) < 4.78 is 5.56. The lowest BCUT2D eigenvalue weighted by Crippen LogP contribution is -2.50. The molecule has 2 fully saturated rings. The Balaban J connectivity index is 2.01. The van der Waals surface area contributed by atoms with Crippen LogP contribution in [0.5, 0.6) is 0 Å². The number of carbonyl (C=O) groups excluding carboxylic acids is 1. The van der Waals surface area contributed by atoms with Gasteiger partial charge >= 0.3 is 0 Å². The Labute approximate surface area is 129 Å². The fourth-order valence-electron chi connectivity index (χ4n) is 3.47. The maximum atomic E-state index is 13.0. The van der Waals surface area contributed by atoms with Gasteiger partial charge < -0.3 is 19.9 Å². The molecule has 1 saturated carbocycles. The summed E-state index contributed by atoms with van der Waals surface area (Å²) in [5, 5.41) is 3.40. The normalized spacial score (nSPS) is 26.7. The average molecular weight is 297 g/mol. The minimum atomic E-state index is -0.00675. The summed E-state index contributed by atoms with van der Waals surface area (Å²) in [4.78, 5) is 17.3. The molecule has 1 heterocycles. The summed E-state index contributed by atoms with van der Waals surface area (Å²) in [5.74, 6) is 0.292. The van der Waals surface area contributed by atoms with E-state index in [0.717, 1.165) is 19.6 Å². The third kappa shape index (κ3) is 4.41. The SMILES string of the molecule is CCNC1COCC1C(=O)N(CCN(C)C)C1CCCC1. The first-order valence-electron chi connectivity index (χ1n) is 8.39. The lowest BCUT2D eigenvalue weighted by Gasteiger charge is -2.33. The lowest BCUT2D eigenvalue weighted by atomic mass is 10.0. The van der Waals surface area contributed by atoms with Gasteiger partial charge in [-0.25, -0.2) is 0 Å². The average Bonchev–Trinajstić information content (AvgIpc) is 3.10. The molecule has 1 N–H and O–H groups in total. The first-order valence-corrected chi connectivity index (χ1v) is 8.39. The number of amides is 1. The van der Waals surface area contributed by atoms with E-state index in [4.69, 9.17) is 4.74 Å². The van der Waals surface area contributed by atoms with E-state index in [9.17, 15) is 4.79 Å². The second kappa shape index (κ2) is 8.11. The molecule has 1 saturated heterocycles. The van der Waals surface area contributed by atoms with Crippen molar-refractivity contribution in [3.05, 3.63) is 0 Å². The molecule has 1 aliphatic heterocycles. The first kappa shape index (κ1) is 16.7. The Kier molecular flexibility index (Phi) is 6.45. The number of nitrogens with one attached hydrogen (secondary N) is 1. The molecule has 1 amide bonds. The standard InChI is InChI=1S/C16H31N3O2/c1-4-17-15-12-21-11-14(15)16(20)19(10-9-18(2)3)13-7-5-6-8-13/h13-15,17H,4-12H2,1-3H3. The van der Waals surface area contributed by atoms with E-state index in [1.165, 1.54) is 25.7 Å². The van der Waals surface area contributed by atoms with Crippen molar-refractivity contribution >= 4 is 5.91 Å². The molecule has 0 aromatic heterocycles. The summed E-state index contributed by atoms with van der Waals surface area (Å²) >= 11 is 0. The summed E-state index contributed by atoms with van der Waals surface area (Å²) in [6, 6.07) is 0.631. The summed E-state index contributed by atoms with van der Waals surface area (Å²) in [6.07, 6.45) is 4.85. The predicted molar refractivity (Wildman–Crippen MR) is 84.3 cm³/mol. The Morgan fingerprint density at radius 3 is 2.52 bits per heavy atom. The molecule has 0 aromatic rings. The monoisotopic (exact) mass is 297 g/mol. The predicted octanol–water partition coefficient (Wildman–Crippen LogP) is 0.944. The maximum absolute atomic E-state index is 13.0. The molecule has 5 nitrogen and oxygen atoms in total. The molecule has 2 aliphatic rings. The van der Waals surface area contributed by atoms with Gasteiger partial charge in [0.05, 0.1) is 19.1 Å². The number of nitrogens with zero attached hydrogens (tertiary/aromatic N) is 2. The highest BCUT2D eigenvalue weighted by Gasteiger charge is 2.38.